The lowest BCUT2D eigenvalue weighted by molar-refractivity contribution is 0.0696. The maximum Gasteiger partial charge on any atom is 0.335 e. The molecule has 0 radical (unpaired) electrons. The van der Waals surface area contributed by atoms with Crippen molar-refractivity contribution in [3.8, 4) is 5.75 Å². The van der Waals surface area contributed by atoms with Crippen molar-refractivity contribution in [2.75, 3.05) is 18.1 Å². The van der Waals surface area contributed by atoms with Crippen molar-refractivity contribution in [1.82, 2.24) is 0 Å². The quantitative estimate of drug-likeness (QED) is 0.781. The Kier molecular flexibility index (Phi) is 2.02. The third-order valence-electron chi connectivity index (χ3n) is 3.32. The Bertz CT molecular complexity index is 444. The maximum atomic E-state index is 10.8. The van der Waals surface area contributed by atoms with Gasteiger partial charge in [0.05, 0.1) is 17.3 Å². The molecule has 4 heteroatoms. The third-order valence-corrected chi connectivity index (χ3v) is 3.32. The van der Waals surface area contributed by atoms with E-state index in [2.05, 4.69) is 4.90 Å². The first-order chi connectivity index (χ1) is 7.75. The first-order valence-electron chi connectivity index (χ1n) is 5.52. The zero-order valence-electron chi connectivity index (χ0n) is 8.85. The molecule has 4 nitrogen and oxygen atoms in total. The average Bonchev–Trinajstić information content (AvgIpc) is 2.76. The number of aromatic carboxylic acids is 1. The van der Waals surface area contributed by atoms with E-state index in [1.54, 1.807) is 12.1 Å². The summed E-state index contributed by atoms with van der Waals surface area (Å²) in [6.07, 6.45) is 2.36. The molecular weight excluding hydrogens is 206 g/mol. The van der Waals surface area contributed by atoms with Crippen molar-refractivity contribution in [3.63, 3.8) is 0 Å². The van der Waals surface area contributed by atoms with E-state index in [0.29, 0.717) is 18.4 Å². The summed E-state index contributed by atoms with van der Waals surface area (Å²) >= 11 is 0. The molecule has 1 atom stereocenters. The lowest BCUT2D eigenvalue weighted by atomic mass is 10.1. The fourth-order valence-corrected chi connectivity index (χ4v) is 2.51. The van der Waals surface area contributed by atoms with Gasteiger partial charge in [-0.25, -0.2) is 4.79 Å². The number of hydrogen-bond donors (Lipinski definition) is 1. The number of carbonyl (C=O) groups is 1. The highest BCUT2D eigenvalue weighted by Gasteiger charge is 2.31. The van der Waals surface area contributed by atoms with Crippen molar-refractivity contribution in [2.24, 2.45) is 0 Å². The molecule has 1 unspecified atom stereocenters. The second kappa shape index (κ2) is 3.40. The molecule has 2 aliphatic rings. The predicted octanol–water partition coefficient (Wildman–Crippen LogP) is 1.75. The number of nitrogens with zero attached hydrogens (tertiary/aromatic N) is 1. The molecule has 0 spiro atoms. The number of carboxylic acids is 1. The van der Waals surface area contributed by atoms with E-state index in [0.717, 1.165) is 12.2 Å². The van der Waals surface area contributed by atoms with Crippen molar-refractivity contribution < 1.29 is 14.6 Å². The van der Waals surface area contributed by atoms with Gasteiger partial charge >= 0.3 is 5.97 Å². The summed E-state index contributed by atoms with van der Waals surface area (Å²) in [5.41, 5.74) is 1.33. The topological polar surface area (TPSA) is 49.8 Å². The molecule has 16 heavy (non-hydrogen) atoms. The molecule has 0 aliphatic carbocycles. The number of fused-ring (bicyclic) bond motifs is 3. The normalized spacial score (nSPS) is 22.2. The van der Waals surface area contributed by atoms with Gasteiger partial charge in [0.25, 0.3) is 0 Å². The summed E-state index contributed by atoms with van der Waals surface area (Å²) in [6, 6.07) is 5.59. The molecule has 0 saturated carbocycles. The second-order valence-electron chi connectivity index (χ2n) is 4.29. The van der Waals surface area contributed by atoms with Crippen LogP contribution < -0.4 is 9.64 Å². The van der Waals surface area contributed by atoms with E-state index < -0.39 is 5.97 Å². The summed E-state index contributed by atoms with van der Waals surface area (Å²) < 4.78 is 5.62. The van der Waals surface area contributed by atoms with Gasteiger partial charge in [0.1, 0.15) is 12.4 Å². The molecule has 2 aliphatic heterocycles. The van der Waals surface area contributed by atoms with Gasteiger partial charge in [0.15, 0.2) is 0 Å². The van der Waals surface area contributed by atoms with Crippen LogP contribution >= 0.6 is 0 Å². The number of carboxylic acid groups (broad SMARTS) is 1. The molecule has 84 valence electrons. The van der Waals surface area contributed by atoms with E-state index in [4.69, 9.17) is 9.84 Å². The van der Waals surface area contributed by atoms with Gasteiger partial charge in [-0.3, -0.25) is 0 Å². The molecule has 1 saturated heterocycles. The molecule has 1 aromatic carbocycles. The molecular formula is C12H13NO3. The number of benzene rings is 1. The molecule has 1 N–H and O–H groups in total. The standard InChI is InChI=1S/C12H13NO3/c14-12(15)8-3-4-10-11(6-8)16-7-9-2-1-5-13(9)10/h3-4,6,9H,1-2,5,7H2,(H,14,15). The zero-order valence-corrected chi connectivity index (χ0v) is 8.85. The summed E-state index contributed by atoms with van der Waals surface area (Å²) in [7, 11) is 0. The third kappa shape index (κ3) is 1.33. The van der Waals surface area contributed by atoms with E-state index in [-0.39, 0.29) is 5.56 Å². The van der Waals surface area contributed by atoms with Gasteiger partial charge < -0.3 is 14.7 Å². The summed E-state index contributed by atoms with van der Waals surface area (Å²) in [4.78, 5) is 13.2. The monoisotopic (exact) mass is 219 g/mol. The highest BCUT2D eigenvalue weighted by molar-refractivity contribution is 5.89. The lowest BCUT2D eigenvalue weighted by Gasteiger charge is -2.33. The van der Waals surface area contributed by atoms with Crippen LogP contribution in [0.5, 0.6) is 5.75 Å². The van der Waals surface area contributed by atoms with Gasteiger partial charge in [-0.05, 0) is 31.0 Å². The molecule has 3 rings (SSSR count). The lowest BCUT2D eigenvalue weighted by Crippen LogP contribution is -2.38. The minimum atomic E-state index is -0.907. The predicted molar refractivity (Wildman–Crippen MR) is 59.3 cm³/mol. The van der Waals surface area contributed by atoms with Gasteiger partial charge in [0, 0.05) is 6.54 Å². The highest BCUT2D eigenvalue weighted by atomic mass is 16.5. The van der Waals surface area contributed by atoms with Crippen LogP contribution in [0.15, 0.2) is 18.2 Å². The Hall–Kier alpha value is -1.71. The van der Waals surface area contributed by atoms with Gasteiger partial charge in [-0.1, -0.05) is 0 Å². The molecule has 0 aromatic heterocycles. The second-order valence-corrected chi connectivity index (χ2v) is 4.29. The van der Waals surface area contributed by atoms with Crippen LogP contribution in [-0.2, 0) is 0 Å². The van der Waals surface area contributed by atoms with E-state index >= 15 is 0 Å². The first-order valence-corrected chi connectivity index (χ1v) is 5.52. The molecule has 1 aromatic rings. The Labute approximate surface area is 93.4 Å². The first kappa shape index (κ1) is 9.51. The Morgan fingerprint density at radius 3 is 3.19 bits per heavy atom. The van der Waals surface area contributed by atoms with Gasteiger partial charge in [0.2, 0.25) is 0 Å². The Morgan fingerprint density at radius 2 is 2.38 bits per heavy atom. The Morgan fingerprint density at radius 1 is 1.50 bits per heavy atom. The van der Waals surface area contributed by atoms with Crippen molar-refractivity contribution in [2.45, 2.75) is 18.9 Å². The summed E-state index contributed by atoms with van der Waals surface area (Å²) in [5.74, 6) is -0.201. The van der Waals surface area contributed by atoms with Crippen LogP contribution in [0, 0.1) is 0 Å². The zero-order chi connectivity index (χ0) is 11.1. The fourth-order valence-electron chi connectivity index (χ4n) is 2.51. The SMILES string of the molecule is O=C(O)c1ccc2c(c1)OCC1CCCN21. The summed E-state index contributed by atoms with van der Waals surface area (Å²) in [6.45, 7) is 1.73. The van der Waals surface area contributed by atoms with E-state index in [1.807, 2.05) is 6.07 Å². The maximum absolute atomic E-state index is 10.8. The van der Waals surface area contributed by atoms with Crippen LogP contribution in [0.1, 0.15) is 23.2 Å². The smallest absolute Gasteiger partial charge is 0.335 e. The average molecular weight is 219 g/mol. The van der Waals surface area contributed by atoms with Crippen LogP contribution in [0.25, 0.3) is 0 Å². The van der Waals surface area contributed by atoms with Crippen LogP contribution in [0.4, 0.5) is 5.69 Å². The molecule has 0 bridgehead atoms. The molecule has 1 fully saturated rings. The van der Waals surface area contributed by atoms with E-state index in [1.165, 1.54) is 12.8 Å². The van der Waals surface area contributed by atoms with Gasteiger partial charge in [-0.2, -0.15) is 0 Å². The molecule has 0 amide bonds. The number of anilines is 1. The van der Waals surface area contributed by atoms with Crippen LogP contribution in [0.3, 0.4) is 0 Å². The highest BCUT2D eigenvalue weighted by Crippen LogP contribution is 2.38. The van der Waals surface area contributed by atoms with Crippen molar-refractivity contribution in [1.29, 1.82) is 0 Å². The van der Waals surface area contributed by atoms with Crippen molar-refractivity contribution in [3.05, 3.63) is 23.8 Å². The number of hydrogen-bond acceptors (Lipinski definition) is 3. The molecule has 2 heterocycles. The van der Waals surface area contributed by atoms with Gasteiger partial charge in [-0.15, -0.1) is 0 Å². The van der Waals surface area contributed by atoms with Crippen LogP contribution in [0.2, 0.25) is 0 Å². The Balaban J connectivity index is 2.02. The number of rotatable bonds is 1. The minimum absolute atomic E-state index is 0.288. The number of ether oxygens (including phenoxy) is 1. The van der Waals surface area contributed by atoms with Crippen molar-refractivity contribution >= 4 is 11.7 Å². The van der Waals surface area contributed by atoms with Crippen LogP contribution in [-0.4, -0.2) is 30.3 Å². The fraction of sp³-hybridized carbons (Fsp3) is 0.417. The largest absolute Gasteiger partial charge is 0.489 e. The van der Waals surface area contributed by atoms with E-state index in [9.17, 15) is 4.79 Å². The minimum Gasteiger partial charge on any atom is -0.489 e. The summed E-state index contributed by atoms with van der Waals surface area (Å²) in [5, 5.41) is 8.90.